The van der Waals surface area contributed by atoms with Crippen molar-refractivity contribution < 1.29 is 4.74 Å². The van der Waals surface area contributed by atoms with Crippen LogP contribution in [-0.4, -0.2) is 19.7 Å². The number of anilines is 2. The second-order valence-corrected chi connectivity index (χ2v) is 5.81. The second-order valence-electron chi connectivity index (χ2n) is 5.81. The average Bonchev–Trinajstić information content (AvgIpc) is 2.64. The Labute approximate surface area is 150 Å². The maximum atomic E-state index is 5.95. The number of unbranched alkanes of at least 4 members (excludes halogenated alkanes) is 1. The van der Waals surface area contributed by atoms with Crippen LogP contribution in [0.5, 0.6) is 5.75 Å². The van der Waals surface area contributed by atoms with Crippen molar-refractivity contribution in [1.29, 1.82) is 0 Å². The zero-order valence-corrected chi connectivity index (χ0v) is 15.4. The highest BCUT2D eigenvalue weighted by Gasteiger charge is 2.03. The molecule has 0 aliphatic carbocycles. The molecule has 0 spiro atoms. The summed E-state index contributed by atoms with van der Waals surface area (Å²) in [5.74, 6) is 0.668. The van der Waals surface area contributed by atoms with Gasteiger partial charge in [0.15, 0.2) is 0 Å². The molecule has 0 aromatic heterocycles. The van der Waals surface area contributed by atoms with E-state index in [1.165, 1.54) is 5.69 Å². The Morgan fingerprint density at radius 1 is 0.920 bits per heavy atom. The number of hydrogen-bond donors (Lipinski definition) is 1. The summed E-state index contributed by atoms with van der Waals surface area (Å²) in [4.78, 5) is 2.29. The summed E-state index contributed by atoms with van der Waals surface area (Å²) < 4.78 is 5.70. The Kier molecular flexibility index (Phi) is 7.26. The quantitative estimate of drug-likeness (QED) is 0.361. The molecule has 0 bridgehead atoms. The predicted molar refractivity (Wildman–Crippen MR) is 105 cm³/mol. The molecule has 0 heterocycles. The number of nitrogens with two attached hydrogens (primary N) is 1. The summed E-state index contributed by atoms with van der Waals surface area (Å²) in [7, 11) is 0. The molecule has 0 saturated heterocycles. The van der Waals surface area contributed by atoms with Crippen molar-refractivity contribution in [2.24, 2.45) is 10.2 Å². The number of rotatable bonds is 9. The van der Waals surface area contributed by atoms with E-state index in [-0.39, 0.29) is 0 Å². The van der Waals surface area contributed by atoms with Gasteiger partial charge in [-0.3, -0.25) is 0 Å². The summed E-state index contributed by atoms with van der Waals surface area (Å²) in [6.07, 6.45) is 2.09. The SMILES string of the molecule is CCCCOc1cc(N=Nc2ccc(N(CC)CC)cc2)ccc1N. The summed E-state index contributed by atoms with van der Waals surface area (Å²) in [5, 5.41) is 8.60. The van der Waals surface area contributed by atoms with Crippen LogP contribution >= 0.6 is 0 Å². The monoisotopic (exact) mass is 340 g/mol. The topological polar surface area (TPSA) is 63.2 Å². The molecular formula is C20H28N4O. The second kappa shape index (κ2) is 9.67. The lowest BCUT2D eigenvalue weighted by molar-refractivity contribution is 0.311. The van der Waals surface area contributed by atoms with Crippen molar-refractivity contribution in [3.63, 3.8) is 0 Å². The predicted octanol–water partition coefficient (Wildman–Crippen LogP) is 5.71. The van der Waals surface area contributed by atoms with Gasteiger partial charge < -0.3 is 15.4 Å². The fourth-order valence-electron chi connectivity index (χ4n) is 2.47. The van der Waals surface area contributed by atoms with Crippen LogP contribution in [0.15, 0.2) is 52.7 Å². The highest BCUT2D eigenvalue weighted by atomic mass is 16.5. The Bertz CT molecular complexity index is 679. The highest BCUT2D eigenvalue weighted by Crippen LogP contribution is 2.29. The van der Waals surface area contributed by atoms with E-state index < -0.39 is 0 Å². The van der Waals surface area contributed by atoms with Crippen molar-refractivity contribution in [1.82, 2.24) is 0 Å². The molecule has 5 heteroatoms. The van der Waals surface area contributed by atoms with E-state index in [0.29, 0.717) is 18.0 Å². The number of azo groups is 1. The first-order valence-corrected chi connectivity index (χ1v) is 8.97. The third kappa shape index (κ3) is 5.48. The van der Waals surface area contributed by atoms with Gasteiger partial charge in [0.25, 0.3) is 0 Å². The van der Waals surface area contributed by atoms with Crippen molar-refractivity contribution in [3.8, 4) is 5.75 Å². The molecule has 0 saturated carbocycles. The molecule has 2 rings (SSSR count). The Morgan fingerprint density at radius 2 is 1.56 bits per heavy atom. The number of nitrogens with zero attached hydrogens (tertiary/aromatic N) is 3. The van der Waals surface area contributed by atoms with Gasteiger partial charge in [0.05, 0.1) is 23.7 Å². The van der Waals surface area contributed by atoms with Gasteiger partial charge in [-0.25, -0.2) is 0 Å². The van der Waals surface area contributed by atoms with Gasteiger partial charge >= 0.3 is 0 Å². The third-order valence-electron chi connectivity index (χ3n) is 4.01. The lowest BCUT2D eigenvalue weighted by Gasteiger charge is -2.20. The number of nitrogen functional groups attached to an aromatic ring is 1. The summed E-state index contributed by atoms with van der Waals surface area (Å²) in [5.41, 5.74) is 9.32. The summed E-state index contributed by atoms with van der Waals surface area (Å²) in [6.45, 7) is 9.07. The lowest BCUT2D eigenvalue weighted by Crippen LogP contribution is -2.21. The average molecular weight is 340 g/mol. The molecule has 0 aliphatic heterocycles. The molecule has 0 aliphatic rings. The van der Waals surface area contributed by atoms with Gasteiger partial charge in [-0.1, -0.05) is 13.3 Å². The minimum atomic E-state index is 0.624. The van der Waals surface area contributed by atoms with E-state index in [0.717, 1.165) is 37.3 Å². The van der Waals surface area contributed by atoms with Crippen molar-refractivity contribution in [2.45, 2.75) is 33.6 Å². The van der Waals surface area contributed by atoms with Gasteiger partial charge in [0, 0.05) is 24.8 Å². The van der Waals surface area contributed by atoms with E-state index in [9.17, 15) is 0 Å². The van der Waals surface area contributed by atoms with Gasteiger partial charge in [-0.2, -0.15) is 10.2 Å². The van der Waals surface area contributed by atoms with Crippen molar-refractivity contribution >= 4 is 22.7 Å². The van der Waals surface area contributed by atoms with Crippen LogP contribution in [0.3, 0.4) is 0 Å². The van der Waals surface area contributed by atoms with Crippen LogP contribution in [0.4, 0.5) is 22.7 Å². The number of ether oxygens (including phenoxy) is 1. The Balaban J connectivity index is 2.07. The standard InChI is InChI=1S/C20H28N4O/c1-4-7-14-25-20-15-17(10-13-19(20)21)23-22-16-8-11-18(12-9-16)24(5-2)6-3/h8-13,15H,4-7,14,21H2,1-3H3. The molecule has 2 N–H and O–H groups in total. The van der Waals surface area contributed by atoms with Crippen LogP contribution in [0, 0.1) is 0 Å². The Hall–Kier alpha value is -2.56. The minimum Gasteiger partial charge on any atom is -0.491 e. The first kappa shape index (κ1) is 18.8. The first-order valence-electron chi connectivity index (χ1n) is 8.97. The maximum absolute atomic E-state index is 5.95. The molecule has 2 aromatic carbocycles. The molecule has 25 heavy (non-hydrogen) atoms. The Morgan fingerprint density at radius 3 is 2.20 bits per heavy atom. The molecule has 2 aromatic rings. The van der Waals surface area contributed by atoms with E-state index in [1.54, 1.807) is 6.07 Å². The van der Waals surface area contributed by atoms with Gasteiger partial charge in [-0.15, -0.1) is 0 Å². The molecule has 0 atom stereocenters. The van der Waals surface area contributed by atoms with Crippen molar-refractivity contribution in [2.75, 3.05) is 30.3 Å². The summed E-state index contributed by atoms with van der Waals surface area (Å²) >= 11 is 0. The highest BCUT2D eigenvalue weighted by molar-refractivity contribution is 5.59. The van der Waals surface area contributed by atoms with E-state index in [4.69, 9.17) is 10.5 Å². The molecule has 0 unspecified atom stereocenters. The number of benzene rings is 2. The van der Waals surface area contributed by atoms with Crippen molar-refractivity contribution in [3.05, 3.63) is 42.5 Å². The van der Waals surface area contributed by atoms with Crippen LogP contribution < -0.4 is 15.4 Å². The molecule has 134 valence electrons. The fraction of sp³-hybridized carbons (Fsp3) is 0.400. The normalized spacial score (nSPS) is 11.0. The largest absolute Gasteiger partial charge is 0.491 e. The van der Waals surface area contributed by atoms with Gasteiger partial charge in [0.2, 0.25) is 0 Å². The minimum absolute atomic E-state index is 0.624. The fourth-order valence-corrected chi connectivity index (χ4v) is 2.47. The molecule has 0 fully saturated rings. The zero-order chi connectivity index (χ0) is 18.1. The zero-order valence-electron chi connectivity index (χ0n) is 15.4. The molecular weight excluding hydrogens is 312 g/mol. The summed E-state index contributed by atoms with van der Waals surface area (Å²) in [6, 6.07) is 13.6. The third-order valence-corrected chi connectivity index (χ3v) is 4.01. The maximum Gasteiger partial charge on any atom is 0.144 e. The van der Waals surface area contributed by atoms with E-state index in [2.05, 4.69) is 48.0 Å². The molecule has 5 nitrogen and oxygen atoms in total. The lowest BCUT2D eigenvalue weighted by atomic mass is 10.2. The van der Waals surface area contributed by atoms with Crippen LogP contribution in [-0.2, 0) is 0 Å². The molecule has 0 amide bonds. The first-order chi connectivity index (χ1) is 12.2. The molecule has 0 radical (unpaired) electrons. The van der Waals surface area contributed by atoms with Crippen LogP contribution in [0.2, 0.25) is 0 Å². The smallest absolute Gasteiger partial charge is 0.144 e. The van der Waals surface area contributed by atoms with Gasteiger partial charge in [-0.05, 0) is 56.7 Å². The van der Waals surface area contributed by atoms with Gasteiger partial charge in [0.1, 0.15) is 5.75 Å². The van der Waals surface area contributed by atoms with Crippen LogP contribution in [0.1, 0.15) is 33.6 Å². The van der Waals surface area contributed by atoms with E-state index in [1.807, 2.05) is 24.3 Å². The number of hydrogen-bond acceptors (Lipinski definition) is 5. The van der Waals surface area contributed by atoms with E-state index >= 15 is 0 Å². The van der Waals surface area contributed by atoms with Crippen LogP contribution in [0.25, 0.3) is 0 Å².